The van der Waals surface area contributed by atoms with Crippen LogP contribution in [0.15, 0.2) is 30.6 Å². The van der Waals surface area contributed by atoms with E-state index in [9.17, 15) is 0 Å². The van der Waals surface area contributed by atoms with Gasteiger partial charge in [-0.15, -0.1) is 0 Å². The number of ether oxygens (including phenoxy) is 2. The number of nitrogens with one attached hydrogen (secondary N) is 1. The van der Waals surface area contributed by atoms with Crippen molar-refractivity contribution in [1.82, 2.24) is 9.55 Å². The number of benzene rings is 1. The lowest BCUT2D eigenvalue weighted by Crippen LogP contribution is -2.05. The van der Waals surface area contributed by atoms with Gasteiger partial charge in [0.25, 0.3) is 0 Å². The maximum Gasteiger partial charge on any atom is 0.127 e. The standard InChI is InChI=1S/C13H17N3O2/c1-16-5-4-14-13(16)9-15-10-6-11(17-2)8-12(7-10)18-3/h4-8,15H,9H2,1-3H3. The SMILES string of the molecule is COc1cc(NCc2nccn2C)cc(OC)c1. The fourth-order valence-corrected chi connectivity index (χ4v) is 1.66. The molecule has 0 aliphatic rings. The summed E-state index contributed by atoms with van der Waals surface area (Å²) in [4.78, 5) is 4.25. The summed E-state index contributed by atoms with van der Waals surface area (Å²) in [5.41, 5.74) is 0.939. The molecule has 5 heteroatoms. The van der Waals surface area contributed by atoms with Crippen molar-refractivity contribution in [3.05, 3.63) is 36.4 Å². The smallest absolute Gasteiger partial charge is 0.127 e. The third-order valence-corrected chi connectivity index (χ3v) is 2.72. The highest BCUT2D eigenvalue weighted by atomic mass is 16.5. The molecule has 0 bridgehead atoms. The Hall–Kier alpha value is -2.17. The number of hydrogen-bond acceptors (Lipinski definition) is 4. The summed E-state index contributed by atoms with van der Waals surface area (Å²) >= 11 is 0. The predicted octanol–water partition coefficient (Wildman–Crippen LogP) is 2.05. The van der Waals surface area contributed by atoms with Crippen LogP contribution in [0.1, 0.15) is 5.82 Å². The van der Waals surface area contributed by atoms with Crippen molar-refractivity contribution in [1.29, 1.82) is 0 Å². The van der Waals surface area contributed by atoms with Crippen molar-refractivity contribution in [2.75, 3.05) is 19.5 Å². The first-order valence-electron chi connectivity index (χ1n) is 5.66. The summed E-state index contributed by atoms with van der Waals surface area (Å²) in [7, 11) is 5.24. The average Bonchev–Trinajstić information content (AvgIpc) is 2.81. The highest BCUT2D eigenvalue weighted by molar-refractivity contribution is 5.53. The predicted molar refractivity (Wildman–Crippen MR) is 70.1 cm³/mol. The zero-order chi connectivity index (χ0) is 13.0. The van der Waals surface area contributed by atoms with E-state index >= 15 is 0 Å². The summed E-state index contributed by atoms with van der Waals surface area (Å²) in [6.07, 6.45) is 3.70. The first-order valence-corrected chi connectivity index (χ1v) is 5.66. The lowest BCUT2D eigenvalue weighted by molar-refractivity contribution is 0.394. The molecular weight excluding hydrogens is 230 g/mol. The van der Waals surface area contributed by atoms with E-state index in [2.05, 4.69) is 10.3 Å². The Labute approximate surface area is 106 Å². The first-order chi connectivity index (χ1) is 8.72. The Morgan fingerprint density at radius 1 is 1.17 bits per heavy atom. The van der Waals surface area contributed by atoms with E-state index < -0.39 is 0 Å². The topological polar surface area (TPSA) is 48.3 Å². The van der Waals surface area contributed by atoms with Crippen LogP contribution in [-0.2, 0) is 13.6 Å². The number of aromatic nitrogens is 2. The molecular formula is C13H17N3O2. The molecule has 1 aromatic heterocycles. The van der Waals surface area contributed by atoms with Gasteiger partial charge in [0.05, 0.1) is 20.8 Å². The van der Waals surface area contributed by atoms with Crippen LogP contribution in [0.4, 0.5) is 5.69 Å². The fraction of sp³-hybridized carbons (Fsp3) is 0.308. The van der Waals surface area contributed by atoms with Gasteiger partial charge in [0.1, 0.15) is 17.3 Å². The van der Waals surface area contributed by atoms with Crippen LogP contribution in [0, 0.1) is 0 Å². The van der Waals surface area contributed by atoms with Crippen molar-refractivity contribution in [3.63, 3.8) is 0 Å². The van der Waals surface area contributed by atoms with Gasteiger partial charge in [-0.1, -0.05) is 0 Å². The second-order valence-corrected chi connectivity index (χ2v) is 3.91. The Morgan fingerprint density at radius 2 is 1.83 bits per heavy atom. The molecule has 1 aromatic carbocycles. The minimum absolute atomic E-state index is 0.653. The van der Waals surface area contributed by atoms with E-state index in [1.54, 1.807) is 20.4 Å². The van der Waals surface area contributed by atoms with Crippen molar-refractivity contribution in [2.45, 2.75) is 6.54 Å². The van der Waals surface area contributed by atoms with Crippen LogP contribution < -0.4 is 14.8 Å². The lowest BCUT2D eigenvalue weighted by Gasteiger charge is -2.10. The number of hydrogen-bond donors (Lipinski definition) is 1. The van der Waals surface area contributed by atoms with Gasteiger partial charge < -0.3 is 19.4 Å². The summed E-state index contributed by atoms with van der Waals surface area (Å²) < 4.78 is 12.4. The second kappa shape index (κ2) is 5.44. The highest BCUT2D eigenvalue weighted by Crippen LogP contribution is 2.25. The second-order valence-electron chi connectivity index (χ2n) is 3.91. The molecule has 2 aromatic rings. The van der Waals surface area contributed by atoms with Crippen molar-refractivity contribution in [3.8, 4) is 11.5 Å². The number of nitrogens with zero attached hydrogens (tertiary/aromatic N) is 2. The summed E-state index contributed by atoms with van der Waals surface area (Å²) in [5.74, 6) is 2.49. The molecule has 0 spiro atoms. The molecule has 0 radical (unpaired) electrons. The van der Waals surface area contributed by atoms with E-state index in [4.69, 9.17) is 9.47 Å². The molecule has 96 valence electrons. The Morgan fingerprint density at radius 3 is 2.33 bits per heavy atom. The molecule has 1 N–H and O–H groups in total. The zero-order valence-electron chi connectivity index (χ0n) is 10.8. The molecule has 1 heterocycles. The monoisotopic (exact) mass is 247 g/mol. The minimum Gasteiger partial charge on any atom is -0.497 e. The Bertz CT molecular complexity index is 500. The fourth-order valence-electron chi connectivity index (χ4n) is 1.66. The average molecular weight is 247 g/mol. The summed E-state index contributed by atoms with van der Waals surface area (Å²) in [5, 5.41) is 3.29. The van der Waals surface area contributed by atoms with Gasteiger partial charge >= 0.3 is 0 Å². The van der Waals surface area contributed by atoms with Gasteiger partial charge in [0.2, 0.25) is 0 Å². The summed E-state index contributed by atoms with van der Waals surface area (Å²) in [6, 6.07) is 5.68. The highest BCUT2D eigenvalue weighted by Gasteiger charge is 2.03. The molecule has 0 aliphatic carbocycles. The largest absolute Gasteiger partial charge is 0.497 e. The molecule has 0 saturated heterocycles. The molecule has 5 nitrogen and oxygen atoms in total. The molecule has 2 rings (SSSR count). The van der Waals surface area contributed by atoms with Gasteiger partial charge in [0, 0.05) is 43.3 Å². The van der Waals surface area contributed by atoms with Gasteiger partial charge in [-0.05, 0) is 0 Å². The number of rotatable bonds is 5. The van der Waals surface area contributed by atoms with Crippen LogP contribution in [0.25, 0.3) is 0 Å². The van der Waals surface area contributed by atoms with Crippen molar-refractivity contribution in [2.24, 2.45) is 7.05 Å². The summed E-state index contributed by atoms with van der Waals surface area (Å²) in [6.45, 7) is 0.653. The minimum atomic E-state index is 0.653. The van der Waals surface area contributed by atoms with Gasteiger partial charge in [0.15, 0.2) is 0 Å². The van der Waals surface area contributed by atoms with Crippen LogP contribution >= 0.6 is 0 Å². The van der Waals surface area contributed by atoms with Crippen LogP contribution in [0.2, 0.25) is 0 Å². The van der Waals surface area contributed by atoms with Gasteiger partial charge in [-0.25, -0.2) is 4.98 Å². The van der Waals surface area contributed by atoms with Crippen molar-refractivity contribution < 1.29 is 9.47 Å². The van der Waals surface area contributed by atoms with Gasteiger partial charge in [-0.2, -0.15) is 0 Å². The lowest BCUT2D eigenvalue weighted by atomic mass is 10.2. The maximum absolute atomic E-state index is 5.22. The molecule has 0 saturated carbocycles. The first kappa shape index (κ1) is 12.3. The Balaban J connectivity index is 2.11. The normalized spacial score (nSPS) is 10.2. The van der Waals surface area contributed by atoms with Crippen LogP contribution in [0.5, 0.6) is 11.5 Å². The number of anilines is 1. The zero-order valence-corrected chi connectivity index (χ0v) is 10.8. The molecule has 0 fully saturated rings. The molecule has 0 amide bonds. The van der Waals surface area contributed by atoms with Crippen molar-refractivity contribution >= 4 is 5.69 Å². The quantitative estimate of drug-likeness (QED) is 0.878. The Kier molecular flexibility index (Phi) is 3.72. The molecule has 18 heavy (non-hydrogen) atoms. The van der Waals surface area contributed by atoms with E-state index in [-0.39, 0.29) is 0 Å². The van der Waals surface area contributed by atoms with E-state index in [1.165, 1.54) is 0 Å². The van der Waals surface area contributed by atoms with Crippen LogP contribution in [-0.4, -0.2) is 23.8 Å². The van der Waals surface area contributed by atoms with E-state index in [0.29, 0.717) is 6.54 Å². The number of imidazole rings is 1. The molecule has 0 unspecified atom stereocenters. The maximum atomic E-state index is 5.22. The van der Waals surface area contributed by atoms with Gasteiger partial charge in [-0.3, -0.25) is 0 Å². The number of aryl methyl sites for hydroxylation is 1. The third-order valence-electron chi connectivity index (χ3n) is 2.72. The van der Waals surface area contributed by atoms with Crippen LogP contribution in [0.3, 0.4) is 0 Å². The van der Waals surface area contributed by atoms with E-state index in [0.717, 1.165) is 23.0 Å². The molecule has 0 aliphatic heterocycles. The molecule has 0 atom stereocenters. The third kappa shape index (κ3) is 2.74. The van der Waals surface area contributed by atoms with E-state index in [1.807, 2.05) is 36.0 Å². The number of methoxy groups -OCH3 is 2.